The number of benzene rings is 1. The standard InChI is InChI=1S/C14H20N2O3/c15-8-12(9-3-1-2-4-9)16-14(19)11-7-10(17)5-6-13(11)18/h5-7,9,12,17-18H,1-4,8,15H2,(H,16,19). The molecule has 1 aromatic carbocycles. The third kappa shape index (κ3) is 3.17. The van der Waals surface area contributed by atoms with E-state index in [1.165, 1.54) is 31.0 Å². The highest BCUT2D eigenvalue weighted by molar-refractivity contribution is 5.97. The van der Waals surface area contributed by atoms with Crippen molar-refractivity contribution >= 4 is 5.91 Å². The van der Waals surface area contributed by atoms with Crippen molar-refractivity contribution in [1.29, 1.82) is 0 Å². The lowest BCUT2D eigenvalue weighted by atomic mass is 9.97. The van der Waals surface area contributed by atoms with Crippen molar-refractivity contribution in [3.8, 4) is 11.5 Å². The molecule has 1 aromatic rings. The zero-order valence-electron chi connectivity index (χ0n) is 10.8. The van der Waals surface area contributed by atoms with Crippen LogP contribution in [0.1, 0.15) is 36.0 Å². The summed E-state index contributed by atoms with van der Waals surface area (Å²) in [6, 6.07) is 3.82. The number of carbonyl (C=O) groups is 1. The van der Waals surface area contributed by atoms with Crippen LogP contribution in [0.25, 0.3) is 0 Å². The van der Waals surface area contributed by atoms with Gasteiger partial charge >= 0.3 is 0 Å². The Labute approximate surface area is 112 Å². The van der Waals surface area contributed by atoms with E-state index in [0.29, 0.717) is 12.5 Å². The first kappa shape index (κ1) is 13.7. The molecule has 2 rings (SSSR count). The van der Waals surface area contributed by atoms with Gasteiger partial charge in [-0.3, -0.25) is 4.79 Å². The van der Waals surface area contributed by atoms with Gasteiger partial charge < -0.3 is 21.3 Å². The van der Waals surface area contributed by atoms with Crippen molar-refractivity contribution in [2.45, 2.75) is 31.7 Å². The number of hydrogen-bond acceptors (Lipinski definition) is 4. The zero-order chi connectivity index (χ0) is 13.8. The molecular formula is C14H20N2O3. The van der Waals surface area contributed by atoms with Crippen LogP contribution in [0.15, 0.2) is 18.2 Å². The average molecular weight is 264 g/mol. The number of carbonyl (C=O) groups excluding carboxylic acids is 1. The summed E-state index contributed by atoms with van der Waals surface area (Å²) in [5, 5.41) is 21.9. The minimum Gasteiger partial charge on any atom is -0.508 e. The summed E-state index contributed by atoms with van der Waals surface area (Å²) in [4.78, 5) is 12.1. The lowest BCUT2D eigenvalue weighted by Crippen LogP contribution is -2.44. The van der Waals surface area contributed by atoms with Gasteiger partial charge in [-0.25, -0.2) is 0 Å². The predicted octanol–water partition coefficient (Wildman–Crippen LogP) is 1.35. The largest absolute Gasteiger partial charge is 0.508 e. The van der Waals surface area contributed by atoms with Crippen LogP contribution >= 0.6 is 0 Å². The Kier molecular flexibility index (Phi) is 4.27. The van der Waals surface area contributed by atoms with E-state index in [0.717, 1.165) is 12.8 Å². The molecule has 0 aliphatic heterocycles. The number of phenolic OH excluding ortho intramolecular Hbond substituents is 2. The van der Waals surface area contributed by atoms with E-state index < -0.39 is 5.91 Å². The first-order valence-corrected chi connectivity index (χ1v) is 6.64. The number of hydrogen-bond donors (Lipinski definition) is 4. The minimum atomic E-state index is -0.393. The van der Waals surface area contributed by atoms with E-state index in [1.54, 1.807) is 0 Å². The highest BCUT2D eigenvalue weighted by Gasteiger charge is 2.26. The Bertz CT molecular complexity index is 456. The predicted molar refractivity (Wildman–Crippen MR) is 72.0 cm³/mol. The second kappa shape index (κ2) is 5.93. The zero-order valence-corrected chi connectivity index (χ0v) is 10.8. The molecule has 5 nitrogen and oxygen atoms in total. The number of phenols is 2. The Morgan fingerprint density at radius 1 is 1.37 bits per heavy atom. The van der Waals surface area contributed by atoms with Gasteiger partial charge in [0.25, 0.3) is 5.91 Å². The van der Waals surface area contributed by atoms with Crippen LogP contribution in [0.4, 0.5) is 0 Å². The second-order valence-electron chi connectivity index (χ2n) is 5.06. The van der Waals surface area contributed by atoms with Crippen LogP contribution in [0, 0.1) is 5.92 Å². The van der Waals surface area contributed by atoms with Gasteiger partial charge in [0.15, 0.2) is 0 Å². The van der Waals surface area contributed by atoms with Gasteiger partial charge in [0.2, 0.25) is 0 Å². The molecule has 1 aliphatic carbocycles. The van der Waals surface area contributed by atoms with Crippen molar-refractivity contribution < 1.29 is 15.0 Å². The number of nitrogens with one attached hydrogen (secondary N) is 1. The van der Waals surface area contributed by atoms with Gasteiger partial charge in [-0.1, -0.05) is 12.8 Å². The minimum absolute atomic E-state index is 0.0480. The fraction of sp³-hybridized carbons (Fsp3) is 0.500. The van der Waals surface area contributed by atoms with Crippen molar-refractivity contribution in [2.75, 3.05) is 6.54 Å². The molecule has 0 heterocycles. The molecule has 104 valence electrons. The van der Waals surface area contributed by atoms with Gasteiger partial charge in [-0.2, -0.15) is 0 Å². The van der Waals surface area contributed by atoms with Crippen molar-refractivity contribution in [3.63, 3.8) is 0 Å². The van der Waals surface area contributed by atoms with E-state index in [1.807, 2.05) is 0 Å². The van der Waals surface area contributed by atoms with Gasteiger partial charge in [-0.05, 0) is 37.0 Å². The maximum absolute atomic E-state index is 12.1. The van der Waals surface area contributed by atoms with Crippen molar-refractivity contribution in [3.05, 3.63) is 23.8 Å². The summed E-state index contributed by atoms with van der Waals surface area (Å²) in [5.41, 5.74) is 5.80. The Morgan fingerprint density at radius 3 is 2.68 bits per heavy atom. The van der Waals surface area contributed by atoms with Crippen LogP contribution in [0.3, 0.4) is 0 Å². The number of aromatic hydroxyl groups is 2. The lowest BCUT2D eigenvalue weighted by Gasteiger charge is -2.23. The van der Waals surface area contributed by atoms with E-state index in [9.17, 15) is 15.0 Å². The van der Waals surface area contributed by atoms with E-state index in [2.05, 4.69) is 5.32 Å². The molecule has 5 heteroatoms. The van der Waals surface area contributed by atoms with Crippen molar-refractivity contribution in [1.82, 2.24) is 5.32 Å². The number of rotatable bonds is 4. The Balaban J connectivity index is 2.08. The average Bonchev–Trinajstić information content (AvgIpc) is 2.92. The Hall–Kier alpha value is -1.75. The fourth-order valence-electron chi connectivity index (χ4n) is 2.68. The first-order valence-electron chi connectivity index (χ1n) is 6.64. The lowest BCUT2D eigenvalue weighted by molar-refractivity contribution is 0.0921. The van der Waals surface area contributed by atoms with Crippen LogP contribution in [0.2, 0.25) is 0 Å². The molecule has 1 unspecified atom stereocenters. The monoisotopic (exact) mass is 264 g/mol. The summed E-state index contributed by atoms with van der Waals surface area (Å²) < 4.78 is 0. The molecule has 0 radical (unpaired) electrons. The molecule has 0 bridgehead atoms. The SMILES string of the molecule is NCC(NC(=O)c1cc(O)ccc1O)C1CCCC1. The van der Waals surface area contributed by atoms with E-state index in [4.69, 9.17) is 5.73 Å². The van der Waals surface area contributed by atoms with E-state index in [-0.39, 0.29) is 23.1 Å². The van der Waals surface area contributed by atoms with Crippen LogP contribution in [-0.4, -0.2) is 28.7 Å². The summed E-state index contributed by atoms with van der Waals surface area (Å²) in [7, 11) is 0. The molecular weight excluding hydrogens is 244 g/mol. The van der Waals surface area contributed by atoms with Crippen LogP contribution in [0.5, 0.6) is 11.5 Å². The molecule has 1 amide bonds. The van der Waals surface area contributed by atoms with Gasteiger partial charge in [-0.15, -0.1) is 0 Å². The molecule has 5 N–H and O–H groups in total. The summed E-state index contributed by atoms with van der Waals surface area (Å²) >= 11 is 0. The topological polar surface area (TPSA) is 95.6 Å². The van der Waals surface area contributed by atoms with Crippen LogP contribution in [-0.2, 0) is 0 Å². The molecule has 19 heavy (non-hydrogen) atoms. The summed E-state index contributed by atoms with van der Waals surface area (Å²) in [6.45, 7) is 0.385. The van der Waals surface area contributed by atoms with Gasteiger partial charge in [0, 0.05) is 12.6 Å². The quantitative estimate of drug-likeness (QED) is 0.617. The summed E-state index contributed by atoms with van der Waals surface area (Å²) in [5.74, 6) is -0.172. The third-order valence-corrected chi connectivity index (χ3v) is 3.76. The van der Waals surface area contributed by atoms with Gasteiger partial charge in [0.1, 0.15) is 11.5 Å². The summed E-state index contributed by atoms with van der Waals surface area (Å²) in [6.07, 6.45) is 4.51. The molecule has 1 aliphatic rings. The maximum atomic E-state index is 12.1. The van der Waals surface area contributed by atoms with E-state index >= 15 is 0 Å². The fourth-order valence-corrected chi connectivity index (χ4v) is 2.68. The molecule has 0 spiro atoms. The third-order valence-electron chi connectivity index (χ3n) is 3.76. The molecule has 0 saturated heterocycles. The first-order chi connectivity index (χ1) is 9.11. The smallest absolute Gasteiger partial charge is 0.255 e. The molecule has 1 saturated carbocycles. The number of nitrogens with two attached hydrogens (primary N) is 1. The normalized spacial score (nSPS) is 17.3. The highest BCUT2D eigenvalue weighted by Crippen LogP contribution is 2.28. The van der Waals surface area contributed by atoms with Crippen LogP contribution < -0.4 is 11.1 Å². The van der Waals surface area contributed by atoms with Crippen molar-refractivity contribution in [2.24, 2.45) is 11.7 Å². The molecule has 0 aromatic heterocycles. The van der Waals surface area contributed by atoms with Gasteiger partial charge in [0.05, 0.1) is 5.56 Å². The maximum Gasteiger partial charge on any atom is 0.255 e. The second-order valence-corrected chi connectivity index (χ2v) is 5.06. The molecule has 1 atom stereocenters. The number of amides is 1. The Morgan fingerprint density at radius 2 is 2.05 bits per heavy atom. The molecule has 1 fully saturated rings. The highest BCUT2D eigenvalue weighted by atomic mass is 16.3.